The van der Waals surface area contributed by atoms with Gasteiger partial charge >= 0.3 is 0 Å². The molecule has 12 heavy (non-hydrogen) atoms. The van der Waals surface area contributed by atoms with Gasteiger partial charge in [-0.05, 0) is 40.3 Å². The van der Waals surface area contributed by atoms with Crippen molar-refractivity contribution in [2.45, 2.75) is 5.92 Å². The third-order valence-corrected chi connectivity index (χ3v) is 2.26. The largest absolute Gasteiger partial charge is 0.118 e. The second kappa shape index (κ2) is 4.18. The Morgan fingerprint density at radius 2 is 1.58 bits per heavy atom. The second-order valence-electron chi connectivity index (χ2n) is 2.32. The van der Waals surface area contributed by atoms with Crippen LogP contribution in [0.3, 0.4) is 0 Å². The fourth-order valence-corrected chi connectivity index (χ4v) is 1.26. The second-order valence-corrected chi connectivity index (χ2v) is 3.56. The zero-order valence-corrected chi connectivity index (χ0v) is 8.58. The van der Waals surface area contributed by atoms with E-state index in [4.69, 9.17) is 12.8 Å². The van der Waals surface area contributed by atoms with Crippen molar-refractivity contribution in [1.82, 2.24) is 0 Å². The number of hydrogen-bond acceptors (Lipinski definition) is 0. The Kier molecular flexibility index (Phi) is 3.19. The van der Waals surface area contributed by atoms with Crippen molar-refractivity contribution in [3.8, 4) is 24.7 Å². The first kappa shape index (κ1) is 9.16. The Morgan fingerprint density at radius 1 is 1.08 bits per heavy atom. The molecule has 0 aliphatic carbocycles. The number of rotatable bonds is 1. The van der Waals surface area contributed by atoms with Crippen LogP contribution in [0.15, 0.2) is 24.3 Å². The lowest BCUT2D eigenvalue weighted by Crippen LogP contribution is -1.90. The molecule has 0 aromatic heterocycles. The van der Waals surface area contributed by atoms with E-state index in [-0.39, 0.29) is 5.92 Å². The van der Waals surface area contributed by atoms with Gasteiger partial charge in [0.05, 0.1) is 0 Å². The summed E-state index contributed by atoms with van der Waals surface area (Å²) in [7, 11) is 0. The predicted molar refractivity (Wildman–Crippen MR) is 59.6 cm³/mol. The minimum atomic E-state index is -0.193. The molecule has 0 aliphatic heterocycles. The van der Waals surface area contributed by atoms with Crippen molar-refractivity contribution in [2.75, 3.05) is 0 Å². The van der Waals surface area contributed by atoms with Crippen LogP contribution < -0.4 is 0 Å². The average Bonchev–Trinajstić information content (AvgIpc) is 2.10. The highest BCUT2D eigenvalue weighted by Crippen LogP contribution is 2.15. The van der Waals surface area contributed by atoms with Gasteiger partial charge in [-0.2, -0.15) is 0 Å². The fourth-order valence-electron chi connectivity index (χ4n) is 0.896. The molecule has 0 amide bonds. The Labute approximate surface area is 86.5 Å². The molecule has 0 saturated carbocycles. The Hall–Kier alpha value is -0.930. The van der Waals surface area contributed by atoms with E-state index in [1.807, 2.05) is 24.3 Å². The number of benzene rings is 1. The first-order valence-electron chi connectivity index (χ1n) is 3.45. The van der Waals surface area contributed by atoms with Gasteiger partial charge in [0.25, 0.3) is 0 Å². The Morgan fingerprint density at radius 3 is 2.00 bits per heavy atom. The fraction of sp³-hybridized carbons (Fsp3) is 0.0909. The number of halogens is 1. The molecule has 0 saturated heterocycles. The standard InChI is InChI=1S/C11H7I/c1-3-9(4-2)10-5-7-11(12)8-6-10/h1-2,5-9H. The molecule has 0 bridgehead atoms. The molecule has 0 aliphatic rings. The van der Waals surface area contributed by atoms with Crippen molar-refractivity contribution in [2.24, 2.45) is 0 Å². The Balaban J connectivity index is 2.99. The molecule has 0 nitrogen and oxygen atoms in total. The number of terminal acetylenes is 2. The van der Waals surface area contributed by atoms with Gasteiger partial charge in [0, 0.05) is 3.57 Å². The zero-order chi connectivity index (χ0) is 8.97. The van der Waals surface area contributed by atoms with E-state index in [2.05, 4.69) is 34.4 Å². The maximum atomic E-state index is 5.26. The van der Waals surface area contributed by atoms with Crippen LogP contribution in [-0.2, 0) is 0 Å². The summed E-state index contributed by atoms with van der Waals surface area (Å²) in [6.45, 7) is 0. The molecule has 0 heterocycles. The maximum Gasteiger partial charge on any atom is 0.105 e. The highest BCUT2D eigenvalue weighted by molar-refractivity contribution is 14.1. The van der Waals surface area contributed by atoms with Gasteiger partial charge in [-0.25, -0.2) is 0 Å². The monoisotopic (exact) mass is 266 g/mol. The molecule has 1 aromatic carbocycles. The van der Waals surface area contributed by atoms with Crippen LogP contribution in [0.4, 0.5) is 0 Å². The van der Waals surface area contributed by atoms with Gasteiger partial charge in [0.1, 0.15) is 5.92 Å². The van der Waals surface area contributed by atoms with Gasteiger partial charge < -0.3 is 0 Å². The third kappa shape index (κ3) is 2.03. The van der Waals surface area contributed by atoms with Gasteiger partial charge in [-0.3, -0.25) is 0 Å². The predicted octanol–water partition coefficient (Wildman–Crippen LogP) is 2.64. The molecule has 1 aromatic rings. The van der Waals surface area contributed by atoms with E-state index in [0.29, 0.717) is 0 Å². The van der Waals surface area contributed by atoms with Crippen molar-refractivity contribution in [3.63, 3.8) is 0 Å². The van der Waals surface area contributed by atoms with Crippen molar-refractivity contribution in [3.05, 3.63) is 33.4 Å². The summed E-state index contributed by atoms with van der Waals surface area (Å²) in [5.41, 5.74) is 1.01. The minimum absolute atomic E-state index is 0.193. The zero-order valence-electron chi connectivity index (χ0n) is 6.42. The minimum Gasteiger partial charge on any atom is -0.118 e. The van der Waals surface area contributed by atoms with E-state index in [1.54, 1.807) is 0 Å². The SMILES string of the molecule is C#CC(C#C)c1ccc(I)cc1. The summed E-state index contributed by atoms with van der Waals surface area (Å²) in [5, 5.41) is 0. The topological polar surface area (TPSA) is 0 Å². The van der Waals surface area contributed by atoms with Crippen LogP contribution in [0.2, 0.25) is 0 Å². The van der Waals surface area contributed by atoms with E-state index in [1.165, 1.54) is 3.57 Å². The summed E-state index contributed by atoms with van der Waals surface area (Å²) in [6.07, 6.45) is 10.5. The van der Waals surface area contributed by atoms with Gasteiger partial charge in [0.2, 0.25) is 0 Å². The van der Waals surface area contributed by atoms with Gasteiger partial charge in [-0.1, -0.05) is 24.0 Å². The molecule has 0 atom stereocenters. The quantitative estimate of drug-likeness (QED) is 0.541. The highest BCUT2D eigenvalue weighted by atomic mass is 127. The molecule has 1 rings (SSSR count). The summed E-state index contributed by atoms with van der Waals surface area (Å²) >= 11 is 2.24. The normalized spacial score (nSPS) is 9.00. The average molecular weight is 266 g/mol. The molecule has 0 N–H and O–H groups in total. The first-order valence-corrected chi connectivity index (χ1v) is 4.53. The molecule has 0 unspecified atom stereocenters. The van der Waals surface area contributed by atoms with Crippen molar-refractivity contribution in [1.29, 1.82) is 0 Å². The molecule has 0 fully saturated rings. The third-order valence-electron chi connectivity index (χ3n) is 1.54. The summed E-state index contributed by atoms with van der Waals surface area (Å²) in [6, 6.07) is 7.92. The van der Waals surface area contributed by atoms with E-state index >= 15 is 0 Å². The van der Waals surface area contributed by atoms with Crippen LogP contribution >= 0.6 is 22.6 Å². The Bertz CT molecular complexity index is 321. The van der Waals surface area contributed by atoms with Crippen LogP contribution in [0.25, 0.3) is 0 Å². The molecule has 58 valence electrons. The van der Waals surface area contributed by atoms with E-state index < -0.39 is 0 Å². The van der Waals surface area contributed by atoms with Crippen LogP contribution in [0, 0.1) is 28.3 Å². The lowest BCUT2D eigenvalue weighted by atomic mass is 10.0. The molecular weight excluding hydrogens is 259 g/mol. The van der Waals surface area contributed by atoms with Crippen LogP contribution in [0.1, 0.15) is 11.5 Å². The lowest BCUT2D eigenvalue weighted by molar-refractivity contribution is 1.17. The summed E-state index contributed by atoms with van der Waals surface area (Å²) < 4.78 is 1.18. The number of hydrogen-bond donors (Lipinski definition) is 0. The first-order chi connectivity index (χ1) is 5.77. The summed E-state index contributed by atoms with van der Waals surface area (Å²) in [5.74, 6) is 4.91. The molecule has 1 heteroatoms. The van der Waals surface area contributed by atoms with Gasteiger partial charge in [-0.15, -0.1) is 12.8 Å². The maximum absolute atomic E-state index is 5.26. The summed E-state index contributed by atoms with van der Waals surface area (Å²) in [4.78, 5) is 0. The van der Waals surface area contributed by atoms with E-state index in [0.717, 1.165) is 5.56 Å². The smallest absolute Gasteiger partial charge is 0.105 e. The highest BCUT2D eigenvalue weighted by Gasteiger charge is 2.02. The molecule has 0 spiro atoms. The lowest BCUT2D eigenvalue weighted by Gasteiger charge is -2.02. The molecular formula is C11H7I. The van der Waals surface area contributed by atoms with Crippen LogP contribution in [-0.4, -0.2) is 0 Å². The van der Waals surface area contributed by atoms with Crippen LogP contribution in [0.5, 0.6) is 0 Å². The van der Waals surface area contributed by atoms with Crippen molar-refractivity contribution < 1.29 is 0 Å². The van der Waals surface area contributed by atoms with Crippen molar-refractivity contribution >= 4 is 22.6 Å². The van der Waals surface area contributed by atoms with E-state index in [9.17, 15) is 0 Å². The molecule has 0 radical (unpaired) electrons. The van der Waals surface area contributed by atoms with Gasteiger partial charge in [0.15, 0.2) is 0 Å².